The molecule has 0 atom stereocenters. The number of carbonyl (C=O) groups is 1. The summed E-state index contributed by atoms with van der Waals surface area (Å²) in [6.45, 7) is 0.685. The number of hydrogen-bond donors (Lipinski definition) is 1. The van der Waals surface area contributed by atoms with Gasteiger partial charge in [-0.2, -0.15) is 0 Å². The average molecular weight is 281 g/mol. The van der Waals surface area contributed by atoms with Gasteiger partial charge in [-0.05, 0) is 49.8 Å². The van der Waals surface area contributed by atoms with Gasteiger partial charge in [-0.1, -0.05) is 18.0 Å². The molecule has 0 aromatic heterocycles. The number of benzene rings is 1. The molecule has 2 saturated carbocycles. The first-order chi connectivity index (χ1) is 9.12. The molecule has 0 aliphatic heterocycles. The highest BCUT2D eigenvalue weighted by atomic mass is 35.5. The monoisotopic (exact) mass is 280 g/mol. The standard InChI is InChI=1S/C15H17ClO3/c16-11-4-5-13(19-9-10-2-3-10)12(8-11)15(14(17)18)6-1-7-15/h4-5,8,10H,1-3,6-7,9H2,(H,17,18). The van der Waals surface area contributed by atoms with Gasteiger partial charge in [0.2, 0.25) is 0 Å². The van der Waals surface area contributed by atoms with Crippen molar-refractivity contribution < 1.29 is 14.6 Å². The third kappa shape index (κ3) is 2.32. The van der Waals surface area contributed by atoms with Gasteiger partial charge in [0.1, 0.15) is 5.75 Å². The first kappa shape index (κ1) is 12.8. The van der Waals surface area contributed by atoms with Crippen molar-refractivity contribution in [2.24, 2.45) is 5.92 Å². The van der Waals surface area contributed by atoms with E-state index in [-0.39, 0.29) is 0 Å². The van der Waals surface area contributed by atoms with E-state index in [1.165, 1.54) is 12.8 Å². The fourth-order valence-corrected chi connectivity index (χ4v) is 2.80. The SMILES string of the molecule is O=C(O)C1(c2cc(Cl)ccc2OCC2CC2)CCC1. The van der Waals surface area contributed by atoms with E-state index in [4.69, 9.17) is 16.3 Å². The Kier molecular flexibility index (Phi) is 3.17. The summed E-state index contributed by atoms with van der Waals surface area (Å²) in [6.07, 6.45) is 4.71. The van der Waals surface area contributed by atoms with Crippen molar-refractivity contribution in [3.05, 3.63) is 28.8 Å². The maximum absolute atomic E-state index is 11.6. The Hall–Kier alpha value is -1.22. The van der Waals surface area contributed by atoms with Crippen molar-refractivity contribution in [2.75, 3.05) is 6.61 Å². The minimum absolute atomic E-state index is 0.571. The number of aliphatic carboxylic acids is 1. The van der Waals surface area contributed by atoms with E-state index in [0.29, 0.717) is 36.1 Å². The molecule has 1 aromatic carbocycles. The molecular weight excluding hydrogens is 264 g/mol. The number of carboxylic acid groups (broad SMARTS) is 1. The van der Waals surface area contributed by atoms with E-state index in [2.05, 4.69) is 0 Å². The van der Waals surface area contributed by atoms with E-state index in [1.54, 1.807) is 12.1 Å². The molecule has 3 nitrogen and oxygen atoms in total. The van der Waals surface area contributed by atoms with Gasteiger partial charge in [0.15, 0.2) is 0 Å². The summed E-state index contributed by atoms with van der Waals surface area (Å²) in [5.74, 6) is 0.571. The van der Waals surface area contributed by atoms with E-state index >= 15 is 0 Å². The summed E-state index contributed by atoms with van der Waals surface area (Å²) in [6, 6.07) is 5.33. The molecule has 0 radical (unpaired) electrons. The largest absolute Gasteiger partial charge is 0.493 e. The zero-order valence-corrected chi connectivity index (χ0v) is 11.4. The van der Waals surface area contributed by atoms with Gasteiger partial charge in [-0.3, -0.25) is 4.79 Å². The predicted molar refractivity (Wildman–Crippen MR) is 72.8 cm³/mol. The lowest BCUT2D eigenvalue weighted by Gasteiger charge is -2.39. The molecule has 2 aliphatic rings. The summed E-state index contributed by atoms with van der Waals surface area (Å²) >= 11 is 6.04. The first-order valence-electron chi connectivity index (χ1n) is 6.78. The van der Waals surface area contributed by atoms with Crippen LogP contribution in [0.5, 0.6) is 5.75 Å². The second-order valence-corrected chi connectivity index (χ2v) is 6.07. The molecule has 2 fully saturated rings. The van der Waals surface area contributed by atoms with Crippen molar-refractivity contribution in [3.63, 3.8) is 0 Å². The first-order valence-corrected chi connectivity index (χ1v) is 7.16. The number of carboxylic acids is 1. The van der Waals surface area contributed by atoms with E-state index in [9.17, 15) is 9.90 Å². The van der Waals surface area contributed by atoms with Crippen molar-refractivity contribution >= 4 is 17.6 Å². The lowest BCUT2D eigenvalue weighted by Crippen LogP contribution is -2.42. The normalized spacial score (nSPS) is 20.7. The van der Waals surface area contributed by atoms with Gasteiger partial charge in [0.25, 0.3) is 0 Å². The highest BCUT2D eigenvalue weighted by molar-refractivity contribution is 6.30. The Morgan fingerprint density at radius 3 is 2.68 bits per heavy atom. The summed E-state index contributed by atoms with van der Waals surface area (Å²) in [5, 5.41) is 10.1. The molecule has 0 saturated heterocycles. The summed E-state index contributed by atoms with van der Waals surface area (Å²) < 4.78 is 5.83. The number of halogens is 1. The molecule has 0 spiro atoms. The molecular formula is C15H17ClO3. The quantitative estimate of drug-likeness (QED) is 0.896. The fourth-order valence-electron chi connectivity index (χ4n) is 2.62. The minimum atomic E-state index is -0.788. The third-order valence-electron chi connectivity index (χ3n) is 4.25. The molecule has 19 heavy (non-hydrogen) atoms. The summed E-state index contributed by atoms with van der Waals surface area (Å²) in [7, 11) is 0. The fraction of sp³-hybridized carbons (Fsp3) is 0.533. The molecule has 3 rings (SSSR count). The van der Waals surface area contributed by atoms with Crippen LogP contribution in [-0.2, 0) is 10.2 Å². The molecule has 0 unspecified atom stereocenters. The lowest BCUT2D eigenvalue weighted by atomic mass is 9.64. The Morgan fingerprint density at radius 1 is 1.42 bits per heavy atom. The van der Waals surface area contributed by atoms with Gasteiger partial charge in [0, 0.05) is 10.6 Å². The maximum Gasteiger partial charge on any atom is 0.314 e. The lowest BCUT2D eigenvalue weighted by molar-refractivity contribution is -0.147. The van der Waals surface area contributed by atoms with Crippen LogP contribution in [0, 0.1) is 5.92 Å². The Bertz CT molecular complexity index is 504. The number of rotatable bonds is 5. The molecule has 0 bridgehead atoms. The van der Waals surface area contributed by atoms with Crippen LogP contribution >= 0.6 is 11.6 Å². The third-order valence-corrected chi connectivity index (χ3v) is 4.48. The second-order valence-electron chi connectivity index (χ2n) is 5.64. The number of hydrogen-bond acceptors (Lipinski definition) is 2. The highest BCUT2D eigenvalue weighted by Gasteiger charge is 2.47. The smallest absolute Gasteiger partial charge is 0.314 e. The molecule has 0 amide bonds. The van der Waals surface area contributed by atoms with Crippen LogP contribution < -0.4 is 4.74 Å². The van der Waals surface area contributed by atoms with Gasteiger partial charge in [-0.25, -0.2) is 0 Å². The zero-order chi connectivity index (χ0) is 13.5. The molecule has 4 heteroatoms. The van der Waals surface area contributed by atoms with E-state index in [1.807, 2.05) is 6.07 Å². The van der Waals surface area contributed by atoms with Gasteiger partial charge < -0.3 is 9.84 Å². The van der Waals surface area contributed by atoms with Crippen LogP contribution in [0.4, 0.5) is 0 Å². The second kappa shape index (κ2) is 4.71. The Balaban J connectivity index is 1.92. The molecule has 1 N–H and O–H groups in total. The summed E-state index contributed by atoms with van der Waals surface area (Å²) in [4.78, 5) is 11.6. The zero-order valence-electron chi connectivity index (χ0n) is 10.7. The van der Waals surface area contributed by atoms with Gasteiger partial charge >= 0.3 is 5.97 Å². The minimum Gasteiger partial charge on any atom is -0.493 e. The van der Waals surface area contributed by atoms with Gasteiger partial charge in [-0.15, -0.1) is 0 Å². The van der Waals surface area contributed by atoms with E-state index in [0.717, 1.165) is 12.0 Å². The van der Waals surface area contributed by atoms with Crippen molar-refractivity contribution in [3.8, 4) is 5.75 Å². The predicted octanol–water partition coefficient (Wildman–Crippen LogP) is 3.64. The van der Waals surface area contributed by atoms with Crippen LogP contribution in [0.3, 0.4) is 0 Å². The van der Waals surface area contributed by atoms with Crippen LogP contribution in [0.1, 0.15) is 37.7 Å². The van der Waals surface area contributed by atoms with Crippen LogP contribution in [-0.4, -0.2) is 17.7 Å². The Labute approximate surface area is 117 Å². The van der Waals surface area contributed by atoms with Crippen LogP contribution in [0.2, 0.25) is 5.02 Å². The maximum atomic E-state index is 11.6. The molecule has 1 aromatic rings. The van der Waals surface area contributed by atoms with Crippen LogP contribution in [0.15, 0.2) is 18.2 Å². The summed E-state index contributed by atoms with van der Waals surface area (Å²) in [5.41, 5.74) is -0.0385. The van der Waals surface area contributed by atoms with Crippen molar-refractivity contribution in [2.45, 2.75) is 37.5 Å². The average Bonchev–Trinajstić information content (AvgIpc) is 3.10. The van der Waals surface area contributed by atoms with Gasteiger partial charge in [0.05, 0.1) is 12.0 Å². The van der Waals surface area contributed by atoms with Crippen molar-refractivity contribution in [1.82, 2.24) is 0 Å². The molecule has 102 valence electrons. The van der Waals surface area contributed by atoms with Crippen LogP contribution in [0.25, 0.3) is 0 Å². The highest BCUT2D eigenvalue weighted by Crippen LogP contribution is 2.48. The Morgan fingerprint density at radius 2 is 2.16 bits per heavy atom. The van der Waals surface area contributed by atoms with E-state index < -0.39 is 11.4 Å². The molecule has 0 heterocycles. The van der Waals surface area contributed by atoms with Crippen molar-refractivity contribution in [1.29, 1.82) is 0 Å². The number of ether oxygens (including phenoxy) is 1. The topological polar surface area (TPSA) is 46.5 Å². The molecule has 2 aliphatic carbocycles.